The van der Waals surface area contributed by atoms with Crippen molar-refractivity contribution in [2.24, 2.45) is 5.16 Å². The number of oxime groups is 1. The number of benzene rings is 1. The maximum atomic E-state index is 11.7. The molecule has 0 saturated carbocycles. The monoisotopic (exact) mass is 321 g/mol. The second-order valence-corrected chi connectivity index (χ2v) is 4.80. The van der Waals surface area contributed by atoms with Crippen molar-refractivity contribution >= 4 is 11.7 Å². The highest BCUT2D eigenvalue weighted by molar-refractivity contribution is 5.98. The van der Waals surface area contributed by atoms with Gasteiger partial charge in [0.25, 0.3) is 0 Å². The molecule has 0 aliphatic heterocycles. The van der Waals surface area contributed by atoms with Crippen LogP contribution in [0.1, 0.15) is 31.4 Å². The number of hydrogen-bond acceptors (Lipinski definition) is 6. The van der Waals surface area contributed by atoms with E-state index in [1.807, 2.05) is 32.9 Å². The van der Waals surface area contributed by atoms with E-state index in [1.165, 1.54) is 20.5 Å². The summed E-state index contributed by atoms with van der Waals surface area (Å²) in [6.45, 7) is 6.30. The molecule has 23 heavy (non-hydrogen) atoms. The Balaban J connectivity index is 3.03. The van der Waals surface area contributed by atoms with Gasteiger partial charge in [0, 0.05) is 5.56 Å². The van der Waals surface area contributed by atoms with E-state index < -0.39 is 5.97 Å². The first-order valence-corrected chi connectivity index (χ1v) is 7.30. The molecule has 0 spiro atoms. The predicted octanol–water partition coefficient (Wildman–Crippen LogP) is 3.19. The summed E-state index contributed by atoms with van der Waals surface area (Å²) in [5, 5.41) is 4.05. The van der Waals surface area contributed by atoms with Crippen LogP contribution < -0.4 is 4.74 Å². The Morgan fingerprint density at radius 1 is 1.30 bits per heavy atom. The van der Waals surface area contributed by atoms with Crippen LogP contribution in [0.4, 0.5) is 0 Å². The van der Waals surface area contributed by atoms with E-state index >= 15 is 0 Å². The molecule has 126 valence electrons. The van der Waals surface area contributed by atoms with Crippen LogP contribution in [0, 0.1) is 6.92 Å². The smallest absolute Gasteiger partial charge is 0.377 e. The van der Waals surface area contributed by atoms with E-state index in [-0.39, 0.29) is 5.76 Å². The van der Waals surface area contributed by atoms with Crippen molar-refractivity contribution in [1.29, 1.82) is 0 Å². The Labute approximate surface area is 136 Å². The zero-order chi connectivity index (χ0) is 17.2. The summed E-state index contributed by atoms with van der Waals surface area (Å²) in [4.78, 5) is 16.9. The molecule has 0 N–H and O–H groups in total. The van der Waals surface area contributed by atoms with Crippen LogP contribution >= 0.6 is 0 Å². The molecule has 6 nitrogen and oxygen atoms in total. The number of carbonyl (C=O) groups excluding carboxylic acids is 1. The molecule has 0 saturated heterocycles. The van der Waals surface area contributed by atoms with Gasteiger partial charge in [-0.3, -0.25) is 0 Å². The number of ether oxygens (including phenoxy) is 3. The molecule has 1 rings (SSSR count). The maximum absolute atomic E-state index is 11.7. The third-order valence-electron chi connectivity index (χ3n) is 2.93. The zero-order valence-electron chi connectivity index (χ0n) is 14.2. The summed E-state index contributed by atoms with van der Waals surface area (Å²) in [6.07, 6.45) is 2.09. The van der Waals surface area contributed by atoms with Gasteiger partial charge in [-0.15, -0.1) is 0 Å². The Hall–Kier alpha value is -2.50. The average Bonchev–Trinajstić information content (AvgIpc) is 2.55. The van der Waals surface area contributed by atoms with Gasteiger partial charge in [0.2, 0.25) is 5.76 Å². The first-order chi connectivity index (χ1) is 11.0. The molecule has 1 aromatic carbocycles. The highest BCUT2D eigenvalue weighted by Gasteiger charge is 2.15. The van der Waals surface area contributed by atoms with Crippen LogP contribution in [0.3, 0.4) is 0 Å². The minimum Gasteiger partial charge on any atom is -0.500 e. The van der Waals surface area contributed by atoms with Crippen molar-refractivity contribution in [2.75, 3.05) is 20.8 Å². The fraction of sp³-hybridized carbons (Fsp3) is 0.412. The van der Waals surface area contributed by atoms with Crippen molar-refractivity contribution in [3.05, 3.63) is 41.3 Å². The molecule has 0 bridgehead atoms. The van der Waals surface area contributed by atoms with Gasteiger partial charge >= 0.3 is 5.97 Å². The number of methoxy groups -OCH3 is 2. The summed E-state index contributed by atoms with van der Waals surface area (Å²) < 4.78 is 15.1. The Kier molecular flexibility index (Phi) is 7.66. The molecule has 0 radical (unpaired) electrons. The first kappa shape index (κ1) is 18.5. The molecule has 0 amide bonds. The summed E-state index contributed by atoms with van der Waals surface area (Å²) >= 11 is 0. The van der Waals surface area contributed by atoms with E-state index in [0.29, 0.717) is 12.4 Å². The van der Waals surface area contributed by atoms with Gasteiger partial charge in [-0.1, -0.05) is 24.2 Å². The minimum atomic E-state index is -0.617. The van der Waals surface area contributed by atoms with Gasteiger partial charge in [-0.2, -0.15) is 0 Å². The highest BCUT2D eigenvalue weighted by atomic mass is 16.6. The van der Waals surface area contributed by atoms with Gasteiger partial charge in [-0.05, 0) is 31.9 Å². The number of hydrogen-bond donors (Lipinski definition) is 0. The lowest BCUT2D eigenvalue weighted by Gasteiger charge is -2.12. The lowest BCUT2D eigenvalue weighted by molar-refractivity contribution is -0.138. The molecule has 1 aromatic rings. The highest BCUT2D eigenvalue weighted by Crippen LogP contribution is 2.23. The Bertz CT molecular complexity index is 593. The lowest BCUT2D eigenvalue weighted by atomic mass is 10.1. The molecule has 0 aliphatic carbocycles. The zero-order valence-corrected chi connectivity index (χ0v) is 14.2. The molecule has 6 heteroatoms. The summed E-state index contributed by atoms with van der Waals surface area (Å²) in [5.74, 6) is -0.137. The normalized spacial score (nSPS) is 11.9. The van der Waals surface area contributed by atoms with E-state index in [4.69, 9.17) is 14.3 Å². The van der Waals surface area contributed by atoms with E-state index in [9.17, 15) is 4.79 Å². The van der Waals surface area contributed by atoms with Crippen molar-refractivity contribution in [2.45, 2.75) is 27.2 Å². The third kappa shape index (κ3) is 5.65. The van der Waals surface area contributed by atoms with Crippen molar-refractivity contribution in [1.82, 2.24) is 0 Å². The topological polar surface area (TPSA) is 66.3 Å². The Morgan fingerprint density at radius 3 is 2.65 bits per heavy atom. The fourth-order valence-corrected chi connectivity index (χ4v) is 1.66. The van der Waals surface area contributed by atoms with E-state index in [0.717, 1.165) is 23.3 Å². The molecular weight excluding hydrogens is 298 g/mol. The minimum absolute atomic E-state index is 0.0351. The third-order valence-corrected chi connectivity index (χ3v) is 2.93. The molecule has 0 aromatic heterocycles. The average molecular weight is 321 g/mol. The lowest BCUT2D eigenvalue weighted by Crippen LogP contribution is -2.12. The molecule has 0 aliphatic rings. The Morgan fingerprint density at radius 2 is 2.04 bits per heavy atom. The second-order valence-electron chi connectivity index (χ2n) is 4.80. The standard InChI is InChI=1S/C17H23NO5/c1-6-9-22-18-13(3)14-8-7-12(2)15(10-14)23-16(11-20-4)17(19)21-5/h7-8,10-11H,6,9H2,1-5H3. The largest absolute Gasteiger partial charge is 0.500 e. The fourth-order valence-electron chi connectivity index (χ4n) is 1.66. The van der Waals surface area contributed by atoms with E-state index in [1.54, 1.807) is 6.07 Å². The molecule has 0 atom stereocenters. The van der Waals surface area contributed by atoms with Crippen LogP contribution in [0.5, 0.6) is 5.75 Å². The van der Waals surface area contributed by atoms with Crippen LogP contribution in [-0.4, -0.2) is 32.5 Å². The molecule has 0 heterocycles. The number of carbonyl (C=O) groups is 1. The van der Waals surface area contributed by atoms with Crippen molar-refractivity contribution < 1.29 is 23.8 Å². The SMILES string of the molecule is CCCON=C(C)c1ccc(C)c(OC(=COC)C(=O)OC)c1. The van der Waals surface area contributed by atoms with Crippen LogP contribution in [0.2, 0.25) is 0 Å². The summed E-state index contributed by atoms with van der Waals surface area (Å²) in [5.41, 5.74) is 2.42. The first-order valence-electron chi connectivity index (χ1n) is 7.30. The van der Waals surface area contributed by atoms with Crippen LogP contribution in [0.25, 0.3) is 0 Å². The van der Waals surface area contributed by atoms with Gasteiger partial charge < -0.3 is 19.0 Å². The number of aryl methyl sites for hydroxylation is 1. The molecular formula is C17H23NO5. The van der Waals surface area contributed by atoms with Gasteiger partial charge in [0.15, 0.2) is 0 Å². The van der Waals surface area contributed by atoms with Gasteiger partial charge in [0.1, 0.15) is 18.6 Å². The molecule has 0 unspecified atom stereocenters. The van der Waals surface area contributed by atoms with E-state index in [2.05, 4.69) is 9.89 Å². The number of rotatable bonds is 8. The van der Waals surface area contributed by atoms with Crippen LogP contribution in [0.15, 0.2) is 35.4 Å². The van der Waals surface area contributed by atoms with Crippen LogP contribution in [-0.2, 0) is 19.1 Å². The quantitative estimate of drug-likeness (QED) is 0.184. The molecule has 0 fully saturated rings. The number of esters is 1. The van der Waals surface area contributed by atoms with Gasteiger partial charge in [0.05, 0.1) is 19.9 Å². The van der Waals surface area contributed by atoms with Crippen molar-refractivity contribution in [3.8, 4) is 5.75 Å². The van der Waals surface area contributed by atoms with Crippen molar-refractivity contribution in [3.63, 3.8) is 0 Å². The summed E-state index contributed by atoms with van der Waals surface area (Å²) in [7, 11) is 2.71. The summed E-state index contributed by atoms with van der Waals surface area (Å²) in [6, 6.07) is 5.58. The van der Waals surface area contributed by atoms with Gasteiger partial charge in [-0.25, -0.2) is 4.79 Å². The predicted molar refractivity (Wildman–Crippen MR) is 87.4 cm³/mol. The number of nitrogens with zero attached hydrogens (tertiary/aromatic N) is 1. The maximum Gasteiger partial charge on any atom is 0.377 e. The second kappa shape index (κ2) is 9.50.